The van der Waals surface area contributed by atoms with E-state index in [1.54, 1.807) is 6.92 Å². The molecule has 118 valence electrons. The van der Waals surface area contributed by atoms with Crippen molar-refractivity contribution in [2.75, 3.05) is 6.61 Å². The van der Waals surface area contributed by atoms with Gasteiger partial charge in [-0.25, -0.2) is 9.59 Å². The molecule has 3 rings (SSSR count). The van der Waals surface area contributed by atoms with Gasteiger partial charge < -0.3 is 14.5 Å². The topological polar surface area (TPSA) is 88.8 Å². The summed E-state index contributed by atoms with van der Waals surface area (Å²) in [5, 5.41) is 2.79. The maximum absolute atomic E-state index is 12.6. The summed E-state index contributed by atoms with van der Waals surface area (Å²) >= 11 is 0. The molecule has 1 saturated carbocycles. The molecule has 2 fully saturated rings. The second-order valence-electron chi connectivity index (χ2n) is 5.59. The molecule has 7 nitrogen and oxygen atoms in total. The van der Waals surface area contributed by atoms with Crippen LogP contribution in [0.5, 0.6) is 0 Å². The number of hydrogen-bond acceptors (Lipinski definition) is 5. The lowest BCUT2D eigenvalue weighted by Crippen LogP contribution is -2.44. The van der Waals surface area contributed by atoms with Crippen molar-refractivity contribution in [1.29, 1.82) is 0 Å². The van der Waals surface area contributed by atoms with E-state index in [1.165, 1.54) is 12.3 Å². The number of ether oxygens (including phenoxy) is 1. The lowest BCUT2D eigenvalue weighted by Gasteiger charge is -2.19. The molecular formula is C15H18N2O5. The third-order valence-corrected chi connectivity index (χ3v) is 4.25. The number of nitrogens with zero attached hydrogens (tertiary/aromatic N) is 1. The van der Waals surface area contributed by atoms with Gasteiger partial charge in [0.2, 0.25) is 0 Å². The van der Waals surface area contributed by atoms with E-state index in [1.807, 2.05) is 0 Å². The Morgan fingerprint density at radius 1 is 1.41 bits per heavy atom. The molecule has 1 aromatic rings. The third kappa shape index (κ3) is 2.26. The summed E-state index contributed by atoms with van der Waals surface area (Å²) in [6.45, 7) is 1.89. The van der Waals surface area contributed by atoms with Crippen LogP contribution in [0.1, 0.15) is 48.7 Å². The minimum atomic E-state index is -0.756. The Balaban J connectivity index is 1.79. The predicted molar refractivity (Wildman–Crippen MR) is 74.9 cm³/mol. The van der Waals surface area contributed by atoms with E-state index in [4.69, 9.17) is 9.15 Å². The van der Waals surface area contributed by atoms with Crippen LogP contribution in [0.25, 0.3) is 0 Å². The van der Waals surface area contributed by atoms with Crippen LogP contribution < -0.4 is 5.32 Å². The molecule has 3 amide bonds. The predicted octanol–water partition coefficient (Wildman–Crippen LogP) is 1.82. The standard InChI is InChI=1S/C15H18N2O5/c1-2-21-12(18)10-5-8-22-11(10)9-17-13(19)15(16-14(17)20)6-3-4-7-15/h5,8H,2-4,6-7,9H2,1H3,(H,16,20). The number of nitrogens with one attached hydrogen (secondary N) is 1. The van der Waals surface area contributed by atoms with Gasteiger partial charge in [0.1, 0.15) is 16.9 Å². The second-order valence-corrected chi connectivity index (χ2v) is 5.59. The van der Waals surface area contributed by atoms with Crippen molar-refractivity contribution in [2.24, 2.45) is 0 Å². The summed E-state index contributed by atoms with van der Waals surface area (Å²) in [5.41, 5.74) is -0.511. The highest BCUT2D eigenvalue weighted by atomic mass is 16.5. The highest BCUT2D eigenvalue weighted by molar-refractivity contribution is 6.07. The van der Waals surface area contributed by atoms with Crippen molar-refractivity contribution in [3.8, 4) is 0 Å². The Kier molecular flexibility index (Phi) is 3.64. The Hall–Kier alpha value is -2.31. The minimum absolute atomic E-state index is 0.0619. The minimum Gasteiger partial charge on any atom is -0.467 e. The lowest BCUT2D eigenvalue weighted by molar-refractivity contribution is -0.131. The van der Waals surface area contributed by atoms with Gasteiger partial charge in [-0.05, 0) is 25.8 Å². The van der Waals surface area contributed by atoms with Gasteiger partial charge in [-0.3, -0.25) is 9.69 Å². The summed E-state index contributed by atoms with van der Waals surface area (Å²) < 4.78 is 10.2. The summed E-state index contributed by atoms with van der Waals surface area (Å²) in [6, 6.07) is 1.05. The lowest BCUT2D eigenvalue weighted by atomic mass is 9.98. The van der Waals surface area contributed by atoms with Crippen LogP contribution in [0.3, 0.4) is 0 Å². The number of carbonyl (C=O) groups excluding carboxylic acids is 3. The van der Waals surface area contributed by atoms with Crippen molar-refractivity contribution >= 4 is 17.9 Å². The molecule has 1 saturated heterocycles. The molecule has 1 spiro atoms. The normalized spacial score (nSPS) is 19.8. The van der Waals surface area contributed by atoms with Gasteiger partial charge in [-0.2, -0.15) is 0 Å². The molecule has 1 aliphatic heterocycles. The average Bonchev–Trinajstić information content (AvgIpc) is 3.17. The van der Waals surface area contributed by atoms with Crippen molar-refractivity contribution in [3.63, 3.8) is 0 Å². The van der Waals surface area contributed by atoms with E-state index in [2.05, 4.69) is 5.32 Å². The van der Waals surface area contributed by atoms with Gasteiger partial charge in [0.15, 0.2) is 0 Å². The van der Waals surface area contributed by atoms with Gasteiger partial charge in [-0.15, -0.1) is 0 Å². The van der Waals surface area contributed by atoms with Crippen LogP contribution in [0.15, 0.2) is 16.7 Å². The Labute approximate surface area is 127 Å². The number of urea groups is 1. The molecule has 1 aromatic heterocycles. The third-order valence-electron chi connectivity index (χ3n) is 4.25. The number of rotatable bonds is 4. The molecule has 0 radical (unpaired) electrons. The Bertz CT molecular complexity index is 615. The number of hydrogen-bond donors (Lipinski definition) is 1. The molecule has 0 unspecified atom stereocenters. The van der Waals surface area contributed by atoms with Crippen LogP contribution in [0.4, 0.5) is 4.79 Å². The molecule has 2 heterocycles. The maximum Gasteiger partial charge on any atom is 0.341 e. The summed E-state index contributed by atoms with van der Waals surface area (Å²) in [7, 11) is 0. The van der Waals surface area contributed by atoms with Gasteiger partial charge >= 0.3 is 12.0 Å². The first-order valence-electron chi connectivity index (χ1n) is 7.45. The molecule has 1 N–H and O–H groups in total. The van der Waals surface area contributed by atoms with Crippen LogP contribution in [0, 0.1) is 0 Å². The van der Waals surface area contributed by atoms with Crippen molar-refractivity contribution in [1.82, 2.24) is 10.2 Å². The number of esters is 1. The fourth-order valence-corrected chi connectivity index (χ4v) is 3.13. The van der Waals surface area contributed by atoms with Gasteiger partial charge in [-0.1, -0.05) is 12.8 Å². The van der Waals surface area contributed by atoms with E-state index in [0.29, 0.717) is 12.8 Å². The van der Waals surface area contributed by atoms with E-state index in [9.17, 15) is 14.4 Å². The molecule has 0 atom stereocenters. The Morgan fingerprint density at radius 2 is 2.14 bits per heavy atom. The largest absolute Gasteiger partial charge is 0.467 e. The molecule has 1 aliphatic carbocycles. The number of imide groups is 1. The van der Waals surface area contributed by atoms with Crippen LogP contribution in [-0.4, -0.2) is 35.0 Å². The maximum atomic E-state index is 12.6. The molecule has 0 aromatic carbocycles. The first kappa shape index (κ1) is 14.6. The van der Waals surface area contributed by atoms with Crippen molar-refractivity contribution in [3.05, 3.63) is 23.7 Å². The van der Waals surface area contributed by atoms with Crippen molar-refractivity contribution < 1.29 is 23.5 Å². The van der Waals surface area contributed by atoms with Crippen LogP contribution >= 0.6 is 0 Å². The smallest absolute Gasteiger partial charge is 0.341 e. The number of carbonyl (C=O) groups is 3. The molecular weight excluding hydrogens is 288 g/mol. The molecule has 22 heavy (non-hydrogen) atoms. The fraction of sp³-hybridized carbons (Fsp3) is 0.533. The molecule has 0 bridgehead atoms. The molecule has 7 heteroatoms. The highest BCUT2D eigenvalue weighted by Gasteiger charge is 2.52. The summed E-state index contributed by atoms with van der Waals surface area (Å²) in [5.74, 6) is -0.493. The highest BCUT2D eigenvalue weighted by Crippen LogP contribution is 2.35. The summed E-state index contributed by atoms with van der Waals surface area (Å²) in [6.07, 6.45) is 4.53. The zero-order valence-electron chi connectivity index (χ0n) is 12.4. The van der Waals surface area contributed by atoms with E-state index in [-0.39, 0.29) is 30.4 Å². The van der Waals surface area contributed by atoms with Gasteiger partial charge in [0.05, 0.1) is 19.4 Å². The average molecular weight is 306 g/mol. The van der Waals surface area contributed by atoms with Crippen LogP contribution in [-0.2, 0) is 16.1 Å². The molecule has 2 aliphatic rings. The van der Waals surface area contributed by atoms with Gasteiger partial charge in [0, 0.05) is 0 Å². The SMILES string of the molecule is CCOC(=O)c1ccoc1CN1C(=O)NC2(CCCC2)C1=O. The Morgan fingerprint density at radius 3 is 2.82 bits per heavy atom. The van der Waals surface area contributed by atoms with Crippen molar-refractivity contribution in [2.45, 2.75) is 44.7 Å². The zero-order chi connectivity index (χ0) is 15.7. The quantitative estimate of drug-likeness (QED) is 0.677. The van der Waals surface area contributed by atoms with E-state index in [0.717, 1.165) is 17.7 Å². The zero-order valence-corrected chi connectivity index (χ0v) is 12.4. The second kappa shape index (κ2) is 5.47. The number of furan rings is 1. The first-order valence-corrected chi connectivity index (χ1v) is 7.45. The van der Waals surface area contributed by atoms with Crippen LogP contribution in [0.2, 0.25) is 0 Å². The van der Waals surface area contributed by atoms with Gasteiger partial charge in [0.25, 0.3) is 5.91 Å². The fourth-order valence-electron chi connectivity index (χ4n) is 3.13. The van der Waals surface area contributed by atoms with E-state index < -0.39 is 17.5 Å². The first-order chi connectivity index (χ1) is 10.6. The number of amides is 3. The summed E-state index contributed by atoms with van der Waals surface area (Å²) in [4.78, 5) is 37.6. The monoisotopic (exact) mass is 306 g/mol. The van der Waals surface area contributed by atoms with E-state index >= 15 is 0 Å².